The third kappa shape index (κ3) is 4.25. The van der Waals surface area contributed by atoms with E-state index in [0.717, 1.165) is 5.69 Å². The number of carbonyl (C=O) groups is 1. The zero-order chi connectivity index (χ0) is 16.1. The molecule has 3 atom stereocenters. The number of hydrogen-bond acceptors (Lipinski definition) is 6. The molecule has 0 bridgehead atoms. The molecule has 124 valence electrons. The minimum atomic E-state index is -0.641. The summed E-state index contributed by atoms with van der Waals surface area (Å²) in [5, 5.41) is 20.8. The number of nitrogens with zero attached hydrogens (tertiary/aromatic N) is 3. The molecule has 0 aromatic carbocycles. The van der Waals surface area contributed by atoms with Gasteiger partial charge in [-0.3, -0.25) is 4.79 Å². The van der Waals surface area contributed by atoms with Gasteiger partial charge in [-0.2, -0.15) is 0 Å². The Hall–Kier alpha value is -1.51. The van der Waals surface area contributed by atoms with Crippen LogP contribution in [0.4, 0.5) is 0 Å². The molecule has 0 saturated carbocycles. The molecule has 1 aliphatic heterocycles. The highest BCUT2D eigenvalue weighted by Crippen LogP contribution is 2.16. The molecule has 22 heavy (non-hydrogen) atoms. The first-order chi connectivity index (χ1) is 10.5. The summed E-state index contributed by atoms with van der Waals surface area (Å²) in [5.41, 5.74) is 0.854. The van der Waals surface area contributed by atoms with Crippen molar-refractivity contribution in [1.82, 2.24) is 20.3 Å². The van der Waals surface area contributed by atoms with Gasteiger partial charge in [0.05, 0.1) is 25.0 Å². The predicted molar refractivity (Wildman–Crippen MR) is 78.2 cm³/mol. The van der Waals surface area contributed by atoms with E-state index in [0.29, 0.717) is 19.8 Å². The van der Waals surface area contributed by atoms with Crippen LogP contribution < -0.4 is 5.32 Å². The van der Waals surface area contributed by atoms with E-state index in [4.69, 9.17) is 9.47 Å². The molecule has 2 heterocycles. The van der Waals surface area contributed by atoms with Gasteiger partial charge in [-0.25, -0.2) is 4.68 Å². The van der Waals surface area contributed by atoms with Crippen molar-refractivity contribution in [2.75, 3.05) is 26.9 Å². The minimum Gasteiger partial charge on any atom is -0.390 e. The van der Waals surface area contributed by atoms with Gasteiger partial charge in [0, 0.05) is 25.8 Å². The summed E-state index contributed by atoms with van der Waals surface area (Å²) >= 11 is 0. The number of methoxy groups -OCH3 is 1. The van der Waals surface area contributed by atoms with E-state index in [1.54, 1.807) is 6.20 Å². The highest BCUT2D eigenvalue weighted by Gasteiger charge is 2.32. The Balaban J connectivity index is 1.79. The average molecular weight is 312 g/mol. The summed E-state index contributed by atoms with van der Waals surface area (Å²) < 4.78 is 12.0. The first-order valence-corrected chi connectivity index (χ1v) is 7.46. The second-order valence-electron chi connectivity index (χ2n) is 5.86. The topological polar surface area (TPSA) is 98.5 Å². The Labute approximate surface area is 129 Å². The maximum atomic E-state index is 11.9. The van der Waals surface area contributed by atoms with Crippen LogP contribution in [0.15, 0.2) is 6.20 Å². The van der Waals surface area contributed by atoms with Crippen molar-refractivity contribution in [3.8, 4) is 0 Å². The van der Waals surface area contributed by atoms with E-state index in [2.05, 4.69) is 15.6 Å². The third-order valence-corrected chi connectivity index (χ3v) is 3.80. The van der Waals surface area contributed by atoms with Crippen LogP contribution in [0, 0.1) is 5.92 Å². The maximum Gasteiger partial charge on any atom is 0.241 e. The number of nitrogens with one attached hydrogen (secondary N) is 1. The lowest BCUT2D eigenvalue weighted by molar-refractivity contribution is -0.136. The van der Waals surface area contributed by atoms with Crippen LogP contribution in [0.1, 0.15) is 25.5 Å². The summed E-state index contributed by atoms with van der Waals surface area (Å²) in [6, 6.07) is 0. The molecule has 1 saturated heterocycles. The van der Waals surface area contributed by atoms with Crippen molar-refractivity contribution in [3.63, 3.8) is 0 Å². The third-order valence-electron chi connectivity index (χ3n) is 3.80. The van der Waals surface area contributed by atoms with Gasteiger partial charge >= 0.3 is 0 Å². The van der Waals surface area contributed by atoms with Crippen LogP contribution >= 0.6 is 0 Å². The number of carbonyl (C=O) groups excluding carboxylic acids is 1. The molecule has 0 aliphatic carbocycles. The minimum absolute atomic E-state index is 0.108. The van der Waals surface area contributed by atoms with E-state index in [1.807, 2.05) is 13.8 Å². The quantitative estimate of drug-likeness (QED) is 0.737. The van der Waals surface area contributed by atoms with Crippen LogP contribution in [0.25, 0.3) is 0 Å². The monoisotopic (exact) mass is 312 g/mol. The fourth-order valence-electron chi connectivity index (χ4n) is 2.33. The smallest absolute Gasteiger partial charge is 0.241 e. The molecule has 0 unspecified atom stereocenters. The van der Waals surface area contributed by atoms with Gasteiger partial charge in [-0.15, -0.1) is 5.10 Å². The zero-order valence-electron chi connectivity index (χ0n) is 13.2. The van der Waals surface area contributed by atoms with Crippen molar-refractivity contribution in [1.29, 1.82) is 0 Å². The van der Waals surface area contributed by atoms with E-state index >= 15 is 0 Å². The Morgan fingerprint density at radius 2 is 2.36 bits per heavy atom. The predicted octanol–water partition coefficient (Wildman–Crippen LogP) is -0.460. The number of ether oxygens (including phenoxy) is 2. The molecular formula is C14H24N4O4. The zero-order valence-corrected chi connectivity index (χ0v) is 13.2. The molecule has 2 N–H and O–H groups in total. The first kappa shape index (κ1) is 16.9. The van der Waals surface area contributed by atoms with Crippen LogP contribution in [0.5, 0.6) is 0 Å². The molecule has 1 fully saturated rings. The molecular weight excluding hydrogens is 288 g/mol. The van der Waals surface area contributed by atoms with Gasteiger partial charge in [0.25, 0.3) is 0 Å². The van der Waals surface area contributed by atoms with Crippen LogP contribution in [0.3, 0.4) is 0 Å². The van der Waals surface area contributed by atoms with Crippen molar-refractivity contribution >= 4 is 5.91 Å². The van der Waals surface area contributed by atoms with E-state index in [1.165, 1.54) is 11.8 Å². The number of aliphatic hydroxyl groups is 1. The molecule has 0 spiro atoms. The largest absolute Gasteiger partial charge is 0.390 e. The number of rotatable bonds is 6. The van der Waals surface area contributed by atoms with E-state index in [9.17, 15) is 9.90 Å². The first-order valence-electron chi connectivity index (χ1n) is 7.46. The summed E-state index contributed by atoms with van der Waals surface area (Å²) in [4.78, 5) is 11.9. The fourth-order valence-corrected chi connectivity index (χ4v) is 2.33. The molecule has 2 rings (SSSR count). The number of aliphatic hydroxyl groups excluding tert-OH is 1. The van der Waals surface area contributed by atoms with E-state index < -0.39 is 6.10 Å². The number of hydrogen-bond donors (Lipinski definition) is 2. The fraction of sp³-hybridized carbons (Fsp3) is 0.786. The summed E-state index contributed by atoms with van der Waals surface area (Å²) in [7, 11) is 1.54. The van der Waals surface area contributed by atoms with Gasteiger partial charge in [-0.1, -0.05) is 19.1 Å². The van der Waals surface area contributed by atoms with E-state index in [-0.39, 0.29) is 30.4 Å². The second-order valence-corrected chi connectivity index (χ2v) is 5.86. The van der Waals surface area contributed by atoms with Crippen LogP contribution in [-0.4, -0.2) is 65.1 Å². The van der Waals surface area contributed by atoms with Gasteiger partial charge in [0.1, 0.15) is 12.6 Å². The molecule has 0 radical (unpaired) electrons. The van der Waals surface area contributed by atoms with Gasteiger partial charge in [0.15, 0.2) is 0 Å². The van der Waals surface area contributed by atoms with Crippen molar-refractivity contribution in [3.05, 3.63) is 11.9 Å². The van der Waals surface area contributed by atoms with Gasteiger partial charge in [-0.05, 0) is 5.92 Å². The average Bonchev–Trinajstić information content (AvgIpc) is 2.95. The highest BCUT2D eigenvalue weighted by atomic mass is 16.5. The lowest BCUT2D eigenvalue weighted by Gasteiger charge is -2.33. The molecule has 1 amide bonds. The normalized spacial score (nSPS) is 25.4. The highest BCUT2D eigenvalue weighted by molar-refractivity contribution is 5.75. The van der Waals surface area contributed by atoms with Crippen LogP contribution in [0.2, 0.25) is 0 Å². The Morgan fingerprint density at radius 3 is 3.00 bits per heavy atom. The van der Waals surface area contributed by atoms with Gasteiger partial charge < -0.3 is 19.9 Å². The molecule has 1 aliphatic rings. The maximum absolute atomic E-state index is 11.9. The Kier molecular flexibility index (Phi) is 5.87. The van der Waals surface area contributed by atoms with Gasteiger partial charge in [0.2, 0.25) is 5.91 Å². The van der Waals surface area contributed by atoms with Crippen molar-refractivity contribution < 1.29 is 19.4 Å². The van der Waals surface area contributed by atoms with Crippen molar-refractivity contribution in [2.45, 2.75) is 38.5 Å². The SMILES string of the molecule is CO[C@@H]1COC[C@@H](CNC(=O)Cn2cc(C(C)C)nn2)[C@@H]1O. The Morgan fingerprint density at radius 1 is 1.59 bits per heavy atom. The second kappa shape index (κ2) is 7.66. The molecule has 1 aromatic rings. The lowest BCUT2D eigenvalue weighted by atomic mass is 9.96. The summed E-state index contributed by atoms with van der Waals surface area (Å²) in [6.07, 6.45) is 0.779. The summed E-state index contributed by atoms with van der Waals surface area (Å²) in [6.45, 7) is 5.26. The molecule has 1 aromatic heterocycles. The summed E-state index contributed by atoms with van der Waals surface area (Å²) in [5.74, 6) is -0.0751. The Bertz CT molecular complexity index is 491. The van der Waals surface area contributed by atoms with Crippen LogP contribution in [-0.2, 0) is 20.8 Å². The molecule has 8 nitrogen and oxygen atoms in total. The number of amides is 1. The lowest BCUT2D eigenvalue weighted by Crippen LogP contribution is -2.49. The van der Waals surface area contributed by atoms with Crippen molar-refractivity contribution in [2.24, 2.45) is 5.92 Å². The standard InChI is InChI=1S/C14H24N4O4/c1-9(2)11-5-18(17-16-11)6-13(19)15-4-10-7-22-8-12(21-3)14(10)20/h5,9-10,12,14,20H,4,6-8H2,1-3H3,(H,15,19)/t10-,12-,14+/m1/s1. The number of aromatic nitrogens is 3. The molecule has 8 heteroatoms.